The molecule has 1 N–H and O–H groups in total. The minimum Gasteiger partial charge on any atom is -0.385 e. The second-order valence-electron chi connectivity index (χ2n) is 6.66. The van der Waals surface area contributed by atoms with Crippen LogP contribution in [0.5, 0.6) is 0 Å². The van der Waals surface area contributed by atoms with Gasteiger partial charge >= 0.3 is 0 Å². The van der Waals surface area contributed by atoms with Crippen molar-refractivity contribution >= 4 is 22.8 Å². The molecule has 146 valence electrons. The van der Waals surface area contributed by atoms with Gasteiger partial charge in [0.05, 0.1) is 13.0 Å². The zero-order valence-electron chi connectivity index (χ0n) is 15.6. The summed E-state index contributed by atoms with van der Waals surface area (Å²) in [4.78, 5) is 28.4. The molecule has 0 radical (unpaired) electrons. The van der Waals surface area contributed by atoms with Crippen LogP contribution < -0.4 is 5.32 Å². The number of carbonyl (C=O) groups excluding carboxylic acids is 2. The molecular weight excluding hydrogens is 348 g/mol. The Morgan fingerprint density at radius 3 is 2.78 bits per heavy atom. The number of benzene rings is 1. The van der Waals surface area contributed by atoms with Gasteiger partial charge in [-0.15, -0.1) is 0 Å². The Bertz CT molecular complexity index is 768. The predicted octanol–water partition coefficient (Wildman–Crippen LogP) is 0.667. The molecule has 8 nitrogen and oxygen atoms in total. The van der Waals surface area contributed by atoms with E-state index in [0.29, 0.717) is 57.2 Å². The summed E-state index contributed by atoms with van der Waals surface area (Å²) in [6.45, 7) is 4.24. The molecule has 0 saturated carbocycles. The summed E-state index contributed by atoms with van der Waals surface area (Å²) in [5.41, 5.74) is 1.37. The Morgan fingerprint density at radius 2 is 2.00 bits per heavy atom. The fraction of sp³-hybridized carbons (Fsp3) is 0.526. The molecule has 1 aromatic heterocycles. The van der Waals surface area contributed by atoms with Gasteiger partial charge in [0.25, 0.3) is 0 Å². The minimum atomic E-state index is 0.0138. The van der Waals surface area contributed by atoms with E-state index in [-0.39, 0.29) is 18.2 Å². The molecule has 2 heterocycles. The zero-order chi connectivity index (χ0) is 19.1. The quantitative estimate of drug-likeness (QED) is 0.683. The van der Waals surface area contributed by atoms with Crippen molar-refractivity contribution in [2.75, 3.05) is 53.0 Å². The standard InChI is InChI=1S/C19H26N4O4/c1-26-12-4-7-20-18(24)14-22-8-10-23(11-9-22)19(25)13-16-15-5-2-3-6-17(15)27-21-16/h2-3,5-6H,4,7-14H2,1H3,(H,20,24). The van der Waals surface area contributed by atoms with E-state index in [1.54, 1.807) is 7.11 Å². The van der Waals surface area contributed by atoms with Gasteiger partial charge in [-0.1, -0.05) is 17.3 Å². The second kappa shape index (κ2) is 9.48. The highest BCUT2D eigenvalue weighted by Gasteiger charge is 2.23. The summed E-state index contributed by atoms with van der Waals surface area (Å²) in [5.74, 6) is 0.0534. The van der Waals surface area contributed by atoms with Crippen molar-refractivity contribution in [1.82, 2.24) is 20.3 Å². The summed E-state index contributed by atoms with van der Waals surface area (Å²) in [7, 11) is 1.65. The topological polar surface area (TPSA) is 87.9 Å². The van der Waals surface area contributed by atoms with Crippen LogP contribution >= 0.6 is 0 Å². The number of hydrogen-bond donors (Lipinski definition) is 1. The smallest absolute Gasteiger partial charge is 0.234 e. The van der Waals surface area contributed by atoms with Gasteiger partial charge in [-0.25, -0.2) is 0 Å². The molecule has 8 heteroatoms. The molecule has 1 aromatic carbocycles. The third-order valence-electron chi connectivity index (χ3n) is 4.71. The molecule has 1 aliphatic heterocycles. The zero-order valence-corrected chi connectivity index (χ0v) is 15.6. The summed E-state index contributed by atoms with van der Waals surface area (Å²) < 4.78 is 10.2. The molecule has 2 amide bonds. The van der Waals surface area contributed by atoms with Gasteiger partial charge in [0.2, 0.25) is 11.8 Å². The molecule has 3 rings (SSSR count). The number of hydrogen-bond acceptors (Lipinski definition) is 6. The van der Waals surface area contributed by atoms with E-state index < -0.39 is 0 Å². The molecule has 0 bridgehead atoms. The molecule has 2 aromatic rings. The molecule has 0 aliphatic carbocycles. The maximum atomic E-state index is 12.6. The van der Waals surface area contributed by atoms with Crippen molar-refractivity contribution in [2.45, 2.75) is 12.8 Å². The Kier molecular flexibility index (Phi) is 6.78. The van der Waals surface area contributed by atoms with Crippen LogP contribution in [0.4, 0.5) is 0 Å². The van der Waals surface area contributed by atoms with Crippen LogP contribution in [-0.2, 0) is 20.7 Å². The molecule has 1 saturated heterocycles. The number of piperazine rings is 1. The average Bonchev–Trinajstić information content (AvgIpc) is 3.09. The maximum absolute atomic E-state index is 12.6. The van der Waals surface area contributed by atoms with E-state index in [0.717, 1.165) is 11.8 Å². The van der Waals surface area contributed by atoms with E-state index in [2.05, 4.69) is 15.4 Å². The van der Waals surface area contributed by atoms with E-state index in [4.69, 9.17) is 9.26 Å². The van der Waals surface area contributed by atoms with Crippen molar-refractivity contribution in [3.05, 3.63) is 30.0 Å². The highest BCUT2D eigenvalue weighted by atomic mass is 16.5. The summed E-state index contributed by atoms with van der Waals surface area (Å²) in [6.07, 6.45) is 1.04. The molecule has 1 fully saturated rings. The lowest BCUT2D eigenvalue weighted by atomic mass is 10.1. The minimum absolute atomic E-state index is 0.0138. The normalized spacial score (nSPS) is 15.2. The van der Waals surface area contributed by atoms with E-state index in [1.165, 1.54) is 0 Å². The first kappa shape index (κ1) is 19.3. The summed E-state index contributed by atoms with van der Waals surface area (Å²) >= 11 is 0. The highest BCUT2D eigenvalue weighted by molar-refractivity contribution is 5.86. The number of rotatable bonds is 8. The van der Waals surface area contributed by atoms with Gasteiger partial charge in [0.15, 0.2) is 5.58 Å². The molecule has 0 spiro atoms. The number of carbonyl (C=O) groups is 2. The number of aromatic nitrogens is 1. The van der Waals surface area contributed by atoms with Gasteiger partial charge in [-0.05, 0) is 18.6 Å². The maximum Gasteiger partial charge on any atom is 0.234 e. The molecule has 0 atom stereocenters. The number of methoxy groups -OCH3 is 1. The van der Waals surface area contributed by atoms with E-state index in [1.807, 2.05) is 29.2 Å². The SMILES string of the molecule is COCCCNC(=O)CN1CCN(C(=O)Cc2noc3ccccc23)CC1. The average molecular weight is 374 g/mol. The molecule has 27 heavy (non-hydrogen) atoms. The highest BCUT2D eigenvalue weighted by Crippen LogP contribution is 2.19. The number of fused-ring (bicyclic) bond motifs is 1. The first-order valence-electron chi connectivity index (χ1n) is 9.26. The monoisotopic (exact) mass is 374 g/mol. The van der Waals surface area contributed by atoms with Crippen molar-refractivity contribution in [1.29, 1.82) is 0 Å². The van der Waals surface area contributed by atoms with Crippen molar-refractivity contribution in [2.24, 2.45) is 0 Å². The third kappa shape index (κ3) is 5.27. The van der Waals surface area contributed by atoms with Gasteiger partial charge in [-0.2, -0.15) is 0 Å². The van der Waals surface area contributed by atoms with Crippen LogP contribution in [0.3, 0.4) is 0 Å². The predicted molar refractivity (Wildman–Crippen MR) is 100 cm³/mol. The number of nitrogens with zero attached hydrogens (tertiary/aromatic N) is 3. The summed E-state index contributed by atoms with van der Waals surface area (Å²) in [5, 5.41) is 7.80. The largest absolute Gasteiger partial charge is 0.385 e. The van der Waals surface area contributed by atoms with Gasteiger partial charge in [0.1, 0.15) is 5.69 Å². The molecule has 0 unspecified atom stereocenters. The lowest BCUT2D eigenvalue weighted by Crippen LogP contribution is -2.51. The number of amides is 2. The van der Waals surface area contributed by atoms with Crippen LogP contribution in [-0.4, -0.2) is 79.8 Å². The van der Waals surface area contributed by atoms with Crippen molar-refractivity contribution < 1.29 is 18.8 Å². The molecular formula is C19H26N4O4. The van der Waals surface area contributed by atoms with Crippen molar-refractivity contribution in [3.63, 3.8) is 0 Å². The number of ether oxygens (including phenoxy) is 1. The van der Waals surface area contributed by atoms with Crippen LogP contribution in [0.1, 0.15) is 12.1 Å². The number of para-hydroxylation sites is 1. The second-order valence-corrected chi connectivity index (χ2v) is 6.66. The Labute approximate surface area is 158 Å². The summed E-state index contributed by atoms with van der Waals surface area (Å²) in [6, 6.07) is 7.55. The Morgan fingerprint density at radius 1 is 1.22 bits per heavy atom. The van der Waals surface area contributed by atoms with Gasteiger partial charge in [-0.3, -0.25) is 14.5 Å². The van der Waals surface area contributed by atoms with Crippen LogP contribution in [0.15, 0.2) is 28.8 Å². The molecule has 1 aliphatic rings. The first-order chi connectivity index (χ1) is 13.2. The first-order valence-corrected chi connectivity index (χ1v) is 9.26. The van der Waals surface area contributed by atoms with Gasteiger partial charge < -0.3 is 19.5 Å². The van der Waals surface area contributed by atoms with E-state index in [9.17, 15) is 9.59 Å². The fourth-order valence-corrected chi connectivity index (χ4v) is 3.18. The lowest BCUT2D eigenvalue weighted by molar-refractivity contribution is -0.132. The van der Waals surface area contributed by atoms with Crippen LogP contribution in [0.25, 0.3) is 11.0 Å². The Hall–Kier alpha value is -2.45. The lowest BCUT2D eigenvalue weighted by Gasteiger charge is -2.34. The van der Waals surface area contributed by atoms with Crippen LogP contribution in [0, 0.1) is 0 Å². The Balaban J connectivity index is 1.42. The van der Waals surface area contributed by atoms with E-state index >= 15 is 0 Å². The fourth-order valence-electron chi connectivity index (χ4n) is 3.18. The number of nitrogens with one attached hydrogen (secondary N) is 1. The van der Waals surface area contributed by atoms with Crippen LogP contribution in [0.2, 0.25) is 0 Å². The van der Waals surface area contributed by atoms with Gasteiger partial charge in [0, 0.05) is 51.8 Å². The van der Waals surface area contributed by atoms with Crippen molar-refractivity contribution in [3.8, 4) is 0 Å². The third-order valence-corrected chi connectivity index (χ3v) is 4.71.